The molecule has 0 heterocycles. The van der Waals surface area contributed by atoms with Gasteiger partial charge >= 0.3 is 5.97 Å². The molecule has 1 atom stereocenters. The summed E-state index contributed by atoms with van der Waals surface area (Å²) in [6.07, 6.45) is 0.751. The number of benzene rings is 3. The molecular formula is C25H23BrN2O6. The number of hydrogen-bond acceptors (Lipinski definition) is 7. The van der Waals surface area contributed by atoms with E-state index in [2.05, 4.69) is 26.5 Å². The highest BCUT2D eigenvalue weighted by molar-refractivity contribution is 9.10. The Morgan fingerprint density at radius 1 is 0.912 bits per heavy atom. The highest BCUT2D eigenvalue weighted by Gasteiger charge is 2.14. The van der Waals surface area contributed by atoms with E-state index < -0.39 is 12.1 Å². The zero-order valence-electron chi connectivity index (χ0n) is 18.8. The van der Waals surface area contributed by atoms with Crippen molar-refractivity contribution in [3.8, 4) is 23.0 Å². The summed E-state index contributed by atoms with van der Waals surface area (Å²) in [6, 6.07) is 18.6. The molecule has 0 spiro atoms. The maximum absolute atomic E-state index is 12.4. The van der Waals surface area contributed by atoms with Crippen LogP contribution >= 0.6 is 15.9 Å². The Kier molecular flexibility index (Phi) is 8.64. The third-order valence-corrected chi connectivity index (χ3v) is 5.12. The first kappa shape index (κ1) is 24.8. The largest absolute Gasteiger partial charge is 0.493 e. The molecule has 0 fully saturated rings. The van der Waals surface area contributed by atoms with E-state index in [1.54, 1.807) is 61.5 Å². The Morgan fingerprint density at radius 3 is 2.21 bits per heavy atom. The molecule has 3 aromatic carbocycles. The van der Waals surface area contributed by atoms with Crippen LogP contribution in [0.1, 0.15) is 22.8 Å². The van der Waals surface area contributed by atoms with E-state index in [4.69, 9.17) is 18.9 Å². The zero-order valence-corrected chi connectivity index (χ0v) is 20.4. The first-order valence-electron chi connectivity index (χ1n) is 10.2. The minimum atomic E-state index is -0.725. The molecule has 0 aliphatic heterocycles. The lowest BCUT2D eigenvalue weighted by atomic mass is 10.2. The molecular weight excluding hydrogens is 504 g/mol. The highest BCUT2D eigenvalue weighted by Crippen LogP contribution is 2.28. The molecule has 0 unspecified atom stereocenters. The van der Waals surface area contributed by atoms with Crippen molar-refractivity contribution in [3.05, 3.63) is 82.3 Å². The van der Waals surface area contributed by atoms with Crippen molar-refractivity contribution in [1.82, 2.24) is 5.43 Å². The van der Waals surface area contributed by atoms with Crippen LogP contribution in [0.4, 0.5) is 0 Å². The highest BCUT2D eigenvalue weighted by atomic mass is 79.9. The molecule has 1 amide bonds. The average molecular weight is 527 g/mol. The standard InChI is InChI=1S/C25H23BrN2O6/c1-16(33-20-11-7-19(26)8-12-20)24(29)28-27-15-17-4-9-21(10-5-17)34-25(30)18-6-13-22(31-2)23(14-18)32-3/h4-16H,1-3H3,(H,28,29)/b27-15-/t16-/m0/s1. The van der Waals surface area contributed by atoms with E-state index in [0.29, 0.717) is 34.1 Å². The van der Waals surface area contributed by atoms with E-state index in [1.807, 2.05) is 12.1 Å². The average Bonchev–Trinajstić information content (AvgIpc) is 2.85. The Bertz CT molecular complexity index is 1160. The minimum absolute atomic E-state index is 0.325. The Balaban J connectivity index is 1.52. The van der Waals surface area contributed by atoms with Crippen LogP contribution < -0.4 is 24.4 Å². The molecule has 1 N–H and O–H groups in total. The molecule has 0 radical (unpaired) electrons. The summed E-state index contributed by atoms with van der Waals surface area (Å²) in [7, 11) is 3.01. The van der Waals surface area contributed by atoms with Crippen LogP contribution in [-0.4, -0.2) is 38.4 Å². The van der Waals surface area contributed by atoms with Crippen LogP contribution in [0.2, 0.25) is 0 Å². The van der Waals surface area contributed by atoms with Gasteiger partial charge in [0.2, 0.25) is 0 Å². The SMILES string of the molecule is COc1ccc(C(=O)Oc2ccc(/C=N\NC(=O)[C@H](C)Oc3ccc(Br)cc3)cc2)cc1OC. The second-order valence-corrected chi connectivity index (χ2v) is 7.89. The summed E-state index contributed by atoms with van der Waals surface area (Å²) in [5, 5.41) is 3.95. The number of rotatable bonds is 9. The van der Waals surface area contributed by atoms with Crippen LogP contribution in [0.25, 0.3) is 0 Å². The van der Waals surface area contributed by atoms with Gasteiger partial charge in [0.05, 0.1) is 26.0 Å². The van der Waals surface area contributed by atoms with Crippen molar-refractivity contribution in [3.63, 3.8) is 0 Å². The molecule has 0 saturated heterocycles. The quantitative estimate of drug-likeness (QED) is 0.189. The molecule has 0 aliphatic carbocycles. The van der Waals surface area contributed by atoms with E-state index in [-0.39, 0.29) is 5.91 Å². The Hall–Kier alpha value is -3.85. The maximum atomic E-state index is 12.4. The maximum Gasteiger partial charge on any atom is 0.343 e. The number of hydrazone groups is 1. The van der Waals surface area contributed by atoms with Gasteiger partial charge in [-0.05, 0) is 79.2 Å². The number of hydrogen-bond donors (Lipinski definition) is 1. The summed E-state index contributed by atoms with van der Waals surface area (Å²) >= 11 is 3.35. The number of carbonyl (C=O) groups is 2. The predicted molar refractivity (Wildman–Crippen MR) is 131 cm³/mol. The van der Waals surface area contributed by atoms with Crippen molar-refractivity contribution in [2.45, 2.75) is 13.0 Å². The van der Waals surface area contributed by atoms with Gasteiger partial charge in [0.15, 0.2) is 17.6 Å². The minimum Gasteiger partial charge on any atom is -0.493 e. The van der Waals surface area contributed by atoms with Crippen LogP contribution in [0, 0.1) is 0 Å². The van der Waals surface area contributed by atoms with E-state index in [1.165, 1.54) is 20.4 Å². The van der Waals surface area contributed by atoms with E-state index in [0.717, 1.165) is 4.47 Å². The molecule has 176 valence electrons. The molecule has 9 heteroatoms. The number of nitrogens with one attached hydrogen (secondary N) is 1. The van der Waals surface area contributed by atoms with E-state index in [9.17, 15) is 9.59 Å². The topological polar surface area (TPSA) is 95.5 Å². The molecule has 0 aliphatic rings. The molecule has 0 aromatic heterocycles. The van der Waals surface area contributed by atoms with Crippen molar-refractivity contribution < 1.29 is 28.5 Å². The molecule has 8 nitrogen and oxygen atoms in total. The van der Waals surface area contributed by atoms with Gasteiger partial charge in [0, 0.05) is 4.47 Å². The molecule has 3 aromatic rings. The normalized spacial score (nSPS) is 11.5. The number of nitrogens with zero attached hydrogens (tertiary/aromatic N) is 1. The van der Waals surface area contributed by atoms with Gasteiger partial charge in [0.1, 0.15) is 11.5 Å². The van der Waals surface area contributed by atoms with Crippen LogP contribution in [0.5, 0.6) is 23.0 Å². The van der Waals surface area contributed by atoms with Crippen molar-refractivity contribution in [2.24, 2.45) is 5.10 Å². The summed E-state index contributed by atoms with van der Waals surface area (Å²) in [5.74, 6) is 0.964. The smallest absolute Gasteiger partial charge is 0.343 e. The molecule has 34 heavy (non-hydrogen) atoms. The van der Waals surface area contributed by atoms with Crippen LogP contribution in [0.15, 0.2) is 76.3 Å². The lowest BCUT2D eigenvalue weighted by Crippen LogP contribution is -2.33. The van der Waals surface area contributed by atoms with Gasteiger partial charge in [-0.2, -0.15) is 5.10 Å². The monoisotopic (exact) mass is 526 g/mol. The van der Waals surface area contributed by atoms with Gasteiger partial charge in [-0.3, -0.25) is 4.79 Å². The van der Waals surface area contributed by atoms with Crippen LogP contribution in [-0.2, 0) is 4.79 Å². The van der Waals surface area contributed by atoms with Crippen LogP contribution in [0.3, 0.4) is 0 Å². The number of halogens is 1. The van der Waals surface area contributed by atoms with Crippen molar-refractivity contribution in [1.29, 1.82) is 0 Å². The summed E-state index contributed by atoms with van der Waals surface area (Å²) in [4.78, 5) is 24.6. The Labute approximate surface area is 205 Å². The first-order chi connectivity index (χ1) is 16.4. The lowest BCUT2D eigenvalue weighted by Gasteiger charge is -2.12. The van der Waals surface area contributed by atoms with Gasteiger partial charge in [-0.1, -0.05) is 15.9 Å². The summed E-state index contributed by atoms with van der Waals surface area (Å²) in [6.45, 7) is 1.63. The number of carbonyl (C=O) groups excluding carboxylic acids is 2. The van der Waals surface area contributed by atoms with Gasteiger partial charge in [-0.15, -0.1) is 0 Å². The van der Waals surface area contributed by atoms with Gasteiger partial charge < -0.3 is 18.9 Å². The van der Waals surface area contributed by atoms with E-state index >= 15 is 0 Å². The fraction of sp³-hybridized carbons (Fsp3) is 0.160. The number of ether oxygens (including phenoxy) is 4. The second kappa shape index (κ2) is 11.9. The number of methoxy groups -OCH3 is 2. The molecule has 3 rings (SSSR count). The predicted octanol–water partition coefficient (Wildman–Crippen LogP) is 4.60. The van der Waals surface area contributed by atoms with Gasteiger partial charge in [0.25, 0.3) is 5.91 Å². The third-order valence-electron chi connectivity index (χ3n) is 4.59. The third kappa shape index (κ3) is 6.82. The number of esters is 1. The summed E-state index contributed by atoms with van der Waals surface area (Å²) < 4.78 is 22.3. The van der Waals surface area contributed by atoms with Crippen molar-refractivity contribution >= 4 is 34.0 Å². The lowest BCUT2D eigenvalue weighted by molar-refractivity contribution is -0.127. The fourth-order valence-corrected chi connectivity index (χ4v) is 3.05. The first-order valence-corrected chi connectivity index (χ1v) is 11.0. The Morgan fingerprint density at radius 2 is 1.56 bits per heavy atom. The van der Waals surface area contributed by atoms with Crippen molar-refractivity contribution in [2.75, 3.05) is 14.2 Å². The fourth-order valence-electron chi connectivity index (χ4n) is 2.78. The summed E-state index contributed by atoms with van der Waals surface area (Å²) in [5.41, 5.74) is 3.47. The second-order valence-electron chi connectivity index (χ2n) is 6.98. The van der Waals surface area contributed by atoms with Gasteiger partial charge in [-0.25, -0.2) is 10.2 Å². The molecule has 0 saturated carbocycles. The number of amides is 1. The zero-order chi connectivity index (χ0) is 24.5. The molecule has 0 bridgehead atoms.